The van der Waals surface area contributed by atoms with Gasteiger partial charge in [0.2, 0.25) is 5.91 Å². The Bertz CT molecular complexity index is 522. The standard InChI is InChI=1S/C20H36N4O2.HI/c1-4-21-19(22-15-9-10-18(25)24(3)14-15)23-16-13-17(26-5-2)20(16)11-7-6-8-12-20;/h15-17H,4-14H2,1-3H3,(H2,21,22,23);1H. The van der Waals surface area contributed by atoms with Crippen LogP contribution in [0.2, 0.25) is 0 Å². The van der Waals surface area contributed by atoms with E-state index in [0.717, 1.165) is 38.5 Å². The van der Waals surface area contributed by atoms with Gasteiger partial charge in [0.15, 0.2) is 5.96 Å². The number of carbonyl (C=O) groups excluding carboxylic acids is 1. The number of hydrogen-bond donors (Lipinski definition) is 2. The minimum absolute atomic E-state index is 0. The minimum atomic E-state index is 0. The summed E-state index contributed by atoms with van der Waals surface area (Å²) < 4.78 is 6.07. The van der Waals surface area contributed by atoms with Gasteiger partial charge in [-0.1, -0.05) is 19.3 Å². The van der Waals surface area contributed by atoms with Crippen LogP contribution in [0.5, 0.6) is 0 Å². The molecule has 1 saturated heterocycles. The van der Waals surface area contributed by atoms with E-state index >= 15 is 0 Å². The van der Waals surface area contributed by atoms with E-state index in [2.05, 4.69) is 29.5 Å². The predicted octanol–water partition coefficient (Wildman–Crippen LogP) is 2.91. The van der Waals surface area contributed by atoms with Crippen molar-refractivity contribution in [2.24, 2.45) is 10.4 Å². The van der Waals surface area contributed by atoms with Crippen LogP contribution >= 0.6 is 24.0 Å². The monoisotopic (exact) mass is 492 g/mol. The van der Waals surface area contributed by atoms with Crippen molar-refractivity contribution in [3.8, 4) is 0 Å². The zero-order valence-corrected chi connectivity index (χ0v) is 19.5. The summed E-state index contributed by atoms with van der Waals surface area (Å²) in [4.78, 5) is 18.2. The molecule has 0 bridgehead atoms. The number of amides is 1. The fourth-order valence-electron chi connectivity index (χ4n) is 5.05. The first-order chi connectivity index (χ1) is 12.6. The molecule has 1 amide bonds. The first-order valence-corrected chi connectivity index (χ1v) is 10.5. The van der Waals surface area contributed by atoms with Crippen molar-refractivity contribution < 1.29 is 9.53 Å². The van der Waals surface area contributed by atoms with Crippen LogP contribution < -0.4 is 10.6 Å². The van der Waals surface area contributed by atoms with Gasteiger partial charge in [0.25, 0.3) is 0 Å². The lowest BCUT2D eigenvalue weighted by molar-refractivity contribution is -0.145. The van der Waals surface area contributed by atoms with Gasteiger partial charge in [-0.3, -0.25) is 9.79 Å². The van der Waals surface area contributed by atoms with Gasteiger partial charge < -0.3 is 20.3 Å². The van der Waals surface area contributed by atoms with Crippen LogP contribution in [-0.4, -0.2) is 61.7 Å². The Kier molecular flexibility index (Phi) is 8.65. The summed E-state index contributed by atoms with van der Waals surface area (Å²) in [6.07, 6.45) is 9.45. The van der Waals surface area contributed by atoms with E-state index in [1.54, 1.807) is 0 Å². The summed E-state index contributed by atoms with van der Waals surface area (Å²) in [6, 6.07) is 0.723. The molecule has 0 aromatic carbocycles. The zero-order chi connectivity index (χ0) is 18.6. The van der Waals surface area contributed by atoms with Gasteiger partial charge in [-0.05, 0) is 39.5 Å². The highest BCUT2D eigenvalue weighted by atomic mass is 127. The maximum atomic E-state index is 11.7. The molecule has 3 fully saturated rings. The molecule has 3 atom stereocenters. The van der Waals surface area contributed by atoms with E-state index in [1.807, 2.05) is 11.9 Å². The largest absolute Gasteiger partial charge is 0.378 e. The highest BCUT2D eigenvalue weighted by molar-refractivity contribution is 14.0. The molecular weight excluding hydrogens is 455 g/mol. The number of ether oxygens (including phenoxy) is 1. The Morgan fingerprint density at radius 2 is 2.00 bits per heavy atom. The first-order valence-electron chi connectivity index (χ1n) is 10.5. The number of nitrogens with one attached hydrogen (secondary N) is 2. The molecule has 1 aliphatic heterocycles. The lowest BCUT2D eigenvalue weighted by atomic mass is 9.55. The molecule has 3 aliphatic rings. The Hall–Kier alpha value is -0.570. The maximum absolute atomic E-state index is 11.7. The molecule has 1 heterocycles. The quantitative estimate of drug-likeness (QED) is 0.352. The third kappa shape index (κ3) is 5.08. The summed E-state index contributed by atoms with van der Waals surface area (Å²) in [5.74, 6) is 1.15. The van der Waals surface area contributed by atoms with Crippen LogP contribution in [-0.2, 0) is 9.53 Å². The number of halogens is 1. The molecule has 0 aromatic rings. The summed E-state index contributed by atoms with van der Waals surface area (Å²) in [5.41, 5.74) is 0.282. The smallest absolute Gasteiger partial charge is 0.222 e. The molecule has 27 heavy (non-hydrogen) atoms. The second kappa shape index (κ2) is 10.3. The first kappa shape index (κ1) is 22.7. The molecule has 3 unspecified atom stereocenters. The zero-order valence-electron chi connectivity index (χ0n) is 17.1. The van der Waals surface area contributed by atoms with Crippen molar-refractivity contribution in [2.45, 2.75) is 83.4 Å². The summed E-state index contributed by atoms with van der Waals surface area (Å²) >= 11 is 0. The SMILES string of the molecule is CCN=C(NC1CCC(=O)N(C)C1)NC1CC(OCC)C12CCCCC2.I. The Balaban J connectivity index is 0.00000261. The second-order valence-corrected chi connectivity index (χ2v) is 8.15. The highest BCUT2D eigenvalue weighted by Crippen LogP contribution is 2.53. The number of carbonyl (C=O) groups is 1. The molecule has 156 valence electrons. The fourth-order valence-corrected chi connectivity index (χ4v) is 5.05. The lowest BCUT2D eigenvalue weighted by Gasteiger charge is -2.58. The number of guanidine groups is 1. The molecule has 0 aromatic heterocycles. The molecule has 0 radical (unpaired) electrons. The second-order valence-electron chi connectivity index (χ2n) is 8.15. The van der Waals surface area contributed by atoms with Crippen LogP contribution in [0.15, 0.2) is 4.99 Å². The lowest BCUT2D eigenvalue weighted by Crippen LogP contribution is -2.67. The third-order valence-corrected chi connectivity index (χ3v) is 6.53. The normalized spacial score (nSPS) is 30.5. The topological polar surface area (TPSA) is 66.0 Å². The number of likely N-dealkylation sites (tertiary alicyclic amines) is 1. The third-order valence-electron chi connectivity index (χ3n) is 6.53. The molecule has 3 rings (SSSR count). The van der Waals surface area contributed by atoms with Crippen LogP contribution in [0.25, 0.3) is 0 Å². The minimum Gasteiger partial charge on any atom is -0.378 e. The number of aliphatic imine (C=N–C) groups is 1. The van der Waals surface area contributed by atoms with Crippen molar-refractivity contribution in [3.63, 3.8) is 0 Å². The van der Waals surface area contributed by atoms with Crippen molar-refractivity contribution in [2.75, 3.05) is 26.7 Å². The molecule has 2 N–H and O–H groups in total. The van der Waals surface area contributed by atoms with E-state index in [-0.39, 0.29) is 41.3 Å². The summed E-state index contributed by atoms with van der Waals surface area (Å²) in [5, 5.41) is 7.31. The van der Waals surface area contributed by atoms with Crippen LogP contribution in [0.1, 0.15) is 65.2 Å². The van der Waals surface area contributed by atoms with E-state index in [1.165, 1.54) is 32.1 Å². The Labute approximate surface area is 181 Å². The van der Waals surface area contributed by atoms with Crippen LogP contribution in [0, 0.1) is 5.41 Å². The number of piperidine rings is 1. The number of likely N-dealkylation sites (N-methyl/N-ethyl adjacent to an activating group) is 1. The van der Waals surface area contributed by atoms with Gasteiger partial charge in [0, 0.05) is 50.7 Å². The number of hydrogen-bond acceptors (Lipinski definition) is 3. The van der Waals surface area contributed by atoms with Gasteiger partial charge in [0.1, 0.15) is 0 Å². The van der Waals surface area contributed by atoms with Gasteiger partial charge in [0.05, 0.1) is 6.10 Å². The molecular formula is C20H37IN4O2. The predicted molar refractivity (Wildman–Crippen MR) is 120 cm³/mol. The molecule has 6 nitrogen and oxygen atoms in total. The molecule has 2 saturated carbocycles. The van der Waals surface area contributed by atoms with Crippen molar-refractivity contribution in [3.05, 3.63) is 0 Å². The summed E-state index contributed by atoms with van der Waals surface area (Å²) in [6.45, 7) is 6.48. The van der Waals surface area contributed by atoms with E-state index in [0.29, 0.717) is 18.6 Å². The van der Waals surface area contributed by atoms with Gasteiger partial charge in [-0.25, -0.2) is 0 Å². The Morgan fingerprint density at radius 1 is 1.26 bits per heavy atom. The van der Waals surface area contributed by atoms with Gasteiger partial charge in [-0.15, -0.1) is 24.0 Å². The molecule has 1 spiro atoms. The average molecular weight is 492 g/mol. The van der Waals surface area contributed by atoms with Crippen molar-refractivity contribution >= 4 is 35.8 Å². The van der Waals surface area contributed by atoms with Crippen molar-refractivity contribution in [1.29, 1.82) is 0 Å². The molecule has 2 aliphatic carbocycles. The average Bonchev–Trinajstić information content (AvgIpc) is 2.64. The van der Waals surface area contributed by atoms with E-state index in [9.17, 15) is 4.79 Å². The summed E-state index contributed by atoms with van der Waals surface area (Å²) in [7, 11) is 1.88. The maximum Gasteiger partial charge on any atom is 0.222 e. The van der Waals surface area contributed by atoms with E-state index < -0.39 is 0 Å². The van der Waals surface area contributed by atoms with Gasteiger partial charge in [-0.2, -0.15) is 0 Å². The number of rotatable bonds is 5. The fraction of sp³-hybridized carbons (Fsp3) is 0.900. The van der Waals surface area contributed by atoms with Crippen LogP contribution in [0.4, 0.5) is 0 Å². The molecule has 7 heteroatoms. The van der Waals surface area contributed by atoms with Crippen molar-refractivity contribution in [1.82, 2.24) is 15.5 Å². The van der Waals surface area contributed by atoms with E-state index in [4.69, 9.17) is 4.74 Å². The van der Waals surface area contributed by atoms with Gasteiger partial charge >= 0.3 is 0 Å². The Morgan fingerprint density at radius 3 is 2.63 bits per heavy atom. The highest BCUT2D eigenvalue weighted by Gasteiger charge is 2.55. The van der Waals surface area contributed by atoms with Crippen LogP contribution in [0.3, 0.4) is 0 Å². The number of nitrogens with zero attached hydrogens (tertiary/aromatic N) is 2.